The van der Waals surface area contributed by atoms with E-state index in [0.29, 0.717) is 17.4 Å². The number of pyridine rings is 1. The summed E-state index contributed by atoms with van der Waals surface area (Å²) >= 11 is 5.80. The molecule has 2 rings (SSSR count). The number of nitrogens with one attached hydrogen (secondary N) is 2. The number of amides is 1. The first-order valence-corrected chi connectivity index (χ1v) is 7.64. The van der Waals surface area contributed by atoms with E-state index in [9.17, 15) is 9.18 Å². The minimum atomic E-state index is -0.837. The van der Waals surface area contributed by atoms with E-state index in [4.69, 9.17) is 17.3 Å². The molecular formula is C16H20ClFN4O. The summed E-state index contributed by atoms with van der Waals surface area (Å²) < 4.78 is 13.1. The molecule has 1 atom stereocenters. The zero-order valence-corrected chi connectivity index (χ0v) is 13.8. The van der Waals surface area contributed by atoms with Gasteiger partial charge in [0.2, 0.25) is 5.91 Å². The van der Waals surface area contributed by atoms with Gasteiger partial charge in [0.1, 0.15) is 11.0 Å². The van der Waals surface area contributed by atoms with Gasteiger partial charge in [0.15, 0.2) is 0 Å². The average molecular weight is 339 g/mol. The van der Waals surface area contributed by atoms with Crippen LogP contribution < -0.4 is 16.4 Å². The van der Waals surface area contributed by atoms with Crippen molar-refractivity contribution >= 4 is 23.2 Å². The second-order valence-electron chi connectivity index (χ2n) is 5.97. The molecule has 1 aliphatic carbocycles. The first-order chi connectivity index (χ1) is 10.8. The maximum absolute atomic E-state index is 13.1. The SMILES string of the molecule is CC(C)(NCC1=CC=C(F)CC1N)C(=O)Nc1ccnc(Cl)c1. The molecule has 1 unspecified atom stereocenters. The Kier molecular flexibility index (Phi) is 5.51. The van der Waals surface area contributed by atoms with Crippen molar-refractivity contribution < 1.29 is 9.18 Å². The Hall–Kier alpha value is -1.76. The van der Waals surface area contributed by atoms with Crippen LogP contribution in [0.15, 0.2) is 41.9 Å². The summed E-state index contributed by atoms with van der Waals surface area (Å²) in [7, 11) is 0. The molecule has 0 bridgehead atoms. The van der Waals surface area contributed by atoms with Crippen molar-refractivity contribution in [3.63, 3.8) is 0 Å². The Bertz CT molecular complexity index is 657. The van der Waals surface area contributed by atoms with Crippen molar-refractivity contribution in [3.8, 4) is 0 Å². The van der Waals surface area contributed by atoms with Crippen LogP contribution in [0.1, 0.15) is 20.3 Å². The number of allylic oxidation sites excluding steroid dienone is 2. The number of nitrogens with two attached hydrogens (primary N) is 1. The lowest BCUT2D eigenvalue weighted by atomic mass is 9.97. The van der Waals surface area contributed by atoms with E-state index in [0.717, 1.165) is 5.57 Å². The zero-order chi connectivity index (χ0) is 17.0. The third kappa shape index (κ3) is 4.86. The van der Waals surface area contributed by atoms with Crippen LogP contribution in [0.2, 0.25) is 5.15 Å². The van der Waals surface area contributed by atoms with Gasteiger partial charge in [-0.05, 0) is 37.6 Å². The highest BCUT2D eigenvalue weighted by molar-refractivity contribution is 6.29. The van der Waals surface area contributed by atoms with Gasteiger partial charge in [-0.15, -0.1) is 0 Å². The molecule has 1 aromatic rings. The van der Waals surface area contributed by atoms with Crippen molar-refractivity contribution in [3.05, 3.63) is 47.0 Å². The molecule has 0 spiro atoms. The van der Waals surface area contributed by atoms with Crippen LogP contribution in [0.25, 0.3) is 0 Å². The lowest BCUT2D eigenvalue weighted by molar-refractivity contribution is -0.121. The number of nitrogens with zero attached hydrogens (tertiary/aromatic N) is 1. The zero-order valence-electron chi connectivity index (χ0n) is 13.1. The Morgan fingerprint density at radius 2 is 2.26 bits per heavy atom. The van der Waals surface area contributed by atoms with E-state index in [1.54, 1.807) is 32.1 Å². The minimum Gasteiger partial charge on any atom is -0.324 e. The molecule has 0 saturated heterocycles. The topological polar surface area (TPSA) is 80.0 Å². The highest BCUT2D eigenvalue weighted by Gasteiger charge is 2.28. The molecule has 0 aromatic carbocycles. The van der Waals surface area contributed by atoms with E-state index in [-0.39, 0.29) is 24.2 Å². The van der Waals surface area contributed by atoms with Gasteiger partial charge in [-0.25, -0.2) is 9.37 Å². The van der Waals surface area contributed by atoms with Gasteiger partial charge in [-0.3, -0.25) is 10.1 Å². The number of anilines is 1. The summed E-state index contributed by atoms with van der Waals surface area (Å²) in [5, 5.41) is 6.23. The lowest BCUT2D eigenvalue weighted by Gasteiger charge is -2.28. The van der Waals surface area contributed by atoms with E-state index in [1.807, 2.05) is 0 Å². The molecule has 124 valence electrons. The number of carbonyl (C=O) groups is 1. The average Bonchev–Trinajstić information content (AvgIpc) is 2.46. The molecule has 5 nitrogen and oxygen atoms in total. The van der Waals surface area contributed by atoms with Crippen LogP contribution in [0, 0.1) is 0 Å². The molecule has 23 heavy (non-hydrogen) atoms. The summed E-state index contributed by atoms with van der Waals surface area (Å²) in [5.74, 6) is -0.445. The second-order valence-corrected chi connectivity index (χ2v) is 6.35. The van der Waals surface area contributed by atoms with Crippen molar-refractivity contribution in [2.24, 2.45) is 5.73 Å². The first-order valence-electron chi connectivity index (χ1n) is 7.26. The predicted octanol–water partition coefficient (Wildman–Crippen LogP) is 2.55. The van der Waals surface area contributed by atoms with Gasteiger partial charge >= 0.3 is 0 Å². The molecule has 1 aliphatic rings. The van der Waals surface area contributed by atoms with Gasteiger partial charge in [0.05, 0.1) is 5.54 Å². The van der Waals surface area contributed by atoms with Crippen molar-refractivity contribution in [2.45, 2.75) is 31.8 Å². The smallest absolute Gasteiger partial charge is 0.244 e. The van der Waals surface area contributed by atoms with Gasteiger partial charge in [-0.2, -0.15) is 0 Å². The quantitative estimate of drug-likeness (QED) is 0.721. The number of hydrogen-bond acceptors (Lipinski definition) is 4. The molecule has 1 heterocycles. The predicted molar refractivity (Wildman–Crippen MR) is 89.8 cm³/mol. The minimum absolute atomic E-state index is 0.190. The fourth-order valence-electron chi connectivity index (χ4n) is 2.09. The molecule has 0 fully saturated rings. The van der Waals surface area contributed by atoms with E-state index >= 15 is 0 Å². The Balaban J connectivity index is 1.97. The van der Waals surface area contributed by atoms with Gasteiger partial charge in [-0.1, -0.05) is 17.7 Å². The largest absolute Gasteiger partial charge is 0.324 e. The Morgan fingerprint density at radius 1 is 1.52 bits per heavy atom. The van der Waals surface area contributed by atoms with Gasteiger partial charge in [0, 0.05) is 30.9 Å². The fourth-order valence-corrected chi connectivity index (χ4v) is 2.27. The van der Waals surface area contributed by atoms with Gasteiger partial charge < -0.3 is 11.1 Å². The van der Waals surface area contributed by atoms with Crippen molar-refractivity contribution in [2.75, 3.05) is 11.9 Å². The molecule has 0 aliphatic heterocycles. The molecule has 0 radical (unpaired) electrons. The molecule has 7 heteroatoms. The summed E-state index contributed by atoms with van der Waals surface area (Å²) in [4.78, 5) is 16.3. The maximum Gasteiger partial charge on any atom is 0.244 e. The van der Waals surface area contributed by atoms with Crippen LogP contribution in [-0.2, 0) is 4.79 Å². The fraction of sp³-hybridized carbons (Fsp3) is 0.375. The number of hydrogen-bond donors (Lipinski definition) is 3. The first kappa shape index (κ1) is 17.6. The summed E-state index contributed by atoms with van der Waals surface area (Å²) in [6.45, 7) is 3.93. The molecular weight excluding hydrogens is 319 g/mol. The van der Waals surface area contributed by atoms with E-state index in [2.05, 4.69) is 15.6 Å². The molecule has 1 aromatic heterocycles. The number of carbonyl (C=O) groups excluding carboxylic acids is 1. The normalized spacial score (nSPS) is 18.2. The summed E-state index contributed by atoms with van der Waals surface area (Å²) in [6.07, 6.45) is 4.78. The van der Waals surface area contributed by atoms with E-state index in [1.165, 1.54) is 12.3 Å². The van der Waals surface area contributed by atoms with Crippen molar-refractivity contribution in [1.29, 1.82) is 0 Å². The van der Waals surface area contributed by atoms with Crippen LogP contribution in [0.4, 0.5) is 10.1 Å². The maximum atomic E-state index is 13.1. The van der Waals surface area contributed by atoms with E-state index < -0.39 is 5.54 Å². The third-order valence-corrected chi connectivity index (χ3v) is 3.86. The lowest BCUT2D eigenvalue weighted by Crippen LogP contribution is -2.51. The van der Waals surface area contributed by atoms with Gasteiger partial charge in [0.25, 0.3) is 0 Å². The second kappa shape index (κ2) is 7.21. The molecule has 1 amide bonds. The number of aromatic nitrogens is 1. The van der Waals surface area contributed by atoms with Crippen molar-refractivity contribution in [1.82, 2.24) is 10.3 Å². The number of rotatable bonds is 5. The summed E-state index contributed by atoms with van der Waals surface area (Å²) in [6, 6.07) is 2.86. The Morgan fingerprint density at radius 3 is 2.91 bits per heavy atom. The number of halogens is 2. The third-order valence-electron chi connectivity index (χ3n) is 3.66. The monoisotopic (exact) mass is 338 g/mol. The Labute approximate surface area is 139 Å². The standard InChI is InChI=1S/C16H20ClFN4O/c1-16(2,15(23)22-12-5-6-20-14(17)8-12)21-9-10-3-4-11(18)7-13(10)19/h3-6,8,13,21H,7,9,19H2,1-2H3,(H,20,22,23). The van der Waals surface area contributed by atoms with Crippen LogP contribution in [0.3, 0.4) is 0 Å². The summed E-state index contributed by atoms with van der Waals surface area (Å²) in [5.41, 5.74) is 6.50. The van der Waals surface area contributed by atoms with Crippen LogP contribution in [0.5, 0.6) is 0 Å². The molecule has 0 saturated carbocycles. The van der Waals surface area contributed by atoms with Crippen LogP contribution >= 0.6 is 11.6 Å². The highest BCUT2D eigenvalue weighted by atomic mass is 35.5. The van der Waals surface area contributed by atoms with Crippen LogP contribution in [-0.4, -0.2) is 29.0 Å². The highest BCUT2D eigenvalue weighted by Crippen LogP contribution is 2.19. The molecule has 4 N–H and O–H groups in total.